The molecule has 1 atom stereocenters. The predicted octanol–water partition coefficient (Wildman–Crippen LogP) is 2.43. The molecule has 0 aliphatic heterocycles. The van der Waals surface area contributed by atoms with Crippen LogP contribution in [0.15, 0.2) is 4.52 Å². The molecule has 0 saturated heterocycles. The van der Waals surface area contributed by atoms with E-state index in [1.807, 2.05) is 13.8 Å². The Labute approximate surface area is 114 Å². The number of hydrogen-bond acceptors (Lipinski definition) is 5. The number of rotatable bonds is 5. The second kappa shape index (κ2) is 4.28. The molecule has 0 amide bonds. The topological polar surface area (TPSA) is 74.2 Å². The molecule has 19 heavy (non-hydrogen) atoms. The summed E-state index contributed by atoms with van der Waals surface area (Å²) in [6.07, 6.45) is 0. The predicted molar refractivity (Wildman–Crippen MR) is 72.6 cm³/mol. The van der Waals surface area contributed by atoms with E-state index in [1.165, 1.54) is 0 Å². The summed E-state index contributed by atoms with van der Waals surface area (Å²) in [7, 11) is 0. The minimum absolute atomic E-state index is 0.182. The van der Waals surface area contributed by atoms with Crippen molar-refractivity contribution in [3.8, 4) is 0 Å². The lowest BCUT2D eigenvalue weighted by molar-refractivity contribution is 0.0962. The average molecular weight is 267 g/mol. The molecule has 5 nitrogen and oxygen atoms in total. The highest BCUT2D eigenvalue weighted by atomic mass is 16.5. The van der Waals surface area contributed by atoms with Crippen LogP contribution in [0, 0.1) is 10.8 Å². The minimum atomic E-state index is -0.707. The largest absolute Gasteiger partial charge is 0.379 e. The second-order valence-corrected chi connectivity index (χ2v) is 6.89. The fourth-order valence-corrected chi connectivity index (χ4v) is 2.78. The summed E-state index contributed by atoms with van der Waals surface area (Å²) in [4.78, 5) is 4.51. The quantitative estimate of drug-likeness (QED) is 0.886. The van der Waals surface area contributed by atoms with Crippen LogP contribution < -0.4 is 5.73 Å². The van der Waals surface area contributed by atoms with Crippen molar-refractivity contribution in [1.29, 1.82) is 0 Å². The lowest BCUT2D eigenvalue weighted by Crippen LogP contribution is -2.39. The summed E-state index contributed by atoms with van der Waals surface area (Å²) in [6.45, 7) is 13.7. The molecule has 1 fully saturated rings. The monoisotopic (exact) mass is 267 g/mol. The van der Waals surface area contributed by atoms with Crippen LogP contribution in [0.1, 0.15) is 59.2 Å². The van der Waals surface area contributed by atoms with Crippen molar-refractivity contribution < 1.29 is 9.26 Å². The van der Waals surface area contributed by atoms with E-state index in [0.29, 0.717) is 30.8 Å². The van der Waals surface area contributed by atoms with Crippen molar-refractivity contribution in [2.24, 2.45) is 16.6 Å². The van der Waals surface area contributed by atoms with Crippen molar-refractivity contribution in [2.45, 2.75) is 53.0 Å². The number of nitrogens with zero attached hydrogens (tertiary/aromatic N) is 2. The van der Waals surface area contributed by atoms with Crippen molar-refractivity contribution >= 4 is 0 Å². The highest BCUT2D eigenvalue weighted by molar-refractivity contribution is 5.25. The van der Waals surface area contributed by atoms with Gasteiger partial charge in [-0.2, -0.15) is 4.98 Å². The van der Waals surface area contributed by atoms with E-state index >= 15 is 0 Å². The Morgan fingerprint density at radius 1 is 1.32 bits per heavy atom. The molecule has 0 radical (unpaired) electrons. The van der Waals surface area contributed by atoms with Gasteiger partial charge in [0.1, 0.15) is 5.54 Å². The van der Waals surface area contributed by atoms with Gasteiger partial charge >= 0.3 is 0 Å². The Hall–Kier alpha value is -0.940. The highest BCUT2D eigenvalue weighted by Crippen LogP contribution is 2.73. The molecule has 0 spiro atoms. The Morgan fingerprint density at radius 2 is 1.89 bits per heavy atom. The average Bonchev–Trinajstić information content (AvgIpc) is 2.70. The molecular formula is C14H25N3O2. The third-order valence-electron chi connectivity index (χ3n) is 4.83. The smallest absolute Gasteiger partial charge is 0.230 e. The van der Waals surface area contributed by atoms with Crippen LogP contribution in [0.25, 0.3) is 0 Å². The molecule has 2 N–H and O–H groups in total. The van der Waals surface area contributed by atoms with Crippen molar-refractivity contribution in [3.05, 3.63) is 11.7 Å². The van der Waals surface area contributed by atoms with Gasteiger partial charge in [0, 0.05) is 12.5 Å². The third kappa shape index (κ3) is 2.19. The maximum absolute atomic E-state index is 6.18. The van der Waals surface area contributed by atoms with Crippen LogP contribution in [-0.2, 0) is 10.3 Å². The normalized spacial score (nSPS) is 24.2. The Bertz CT molecular complexity index is 449. The lowest BCUT2D eigenvalue weighted by Gasteiger charge is -2.19. The standard InChI is InChI=1S/C14H25N3O2/c1-7-18-8-14(6,15)11-16-10(19-17-11)9-12(2,3)13(9,4)5/h9H,7-8,15H2,1-6H3. The van der Waals surface area contributed by atoms with Gasteiger partial charge in [-0.3, -0.25) is 0 Å². The summed E-state index contributed by atoms with van der Waals surface area (Å²) in [5, 5.41) is 4.04. The van der Waals surface area contributed by atoms with Crippen molar-refractivity contribution in [2.75, 3.05) is 13.2 Å². The first-order valence-corrected chi connectivity index (χ1v) is 6.85. The summed E-state index contributed by atoms with van der Waals surface area (Å²) < 4.78 is 10.8. The molecule has 0 bridgehead atoms. The molecule has 1 saturated carbocycles. The van der Waals surface area contributed by atoms with E-state index in [2.05, 4.69) is 37.8 Å². The maximum atomic E-state index is 6.18. The van der Waals surface area contributed by atoms with Gasteiger partial charge < -0.3 is 15.0 Å². The SMILES string of the molecule is CCOCC(C)(N)c1noc(C2C(C)(C)C2(C)C)n1. The van der Waals surface area contributed by atoms with Crippen molar-refractivity contribution in [1.82, 2.24) is 10.1 Å². The van der Waals surface area contributed by atoms with E-state index in [0.717, 1.165) is 0 Å². The van der Waals surface area contributed by atoms with Crippen LogP contribution in [0.4, 0.5) is 0 Å². The van der Waals surface area contributed by atoms with E-state index in [4.69, 9.17) is 15.0 Å². The second-order valence-electron chi connectivity index (χ2n) is 6.89. The Balaban J connectivity index is 2.17. The van der Waals surface area contributed by atoms with Crippen LogP contribution >= 0.6 is 0 Å². The van der Waals surface area contributed by atoms with Gasteiger partial charge in [-0.15, -0.1) is 0 Å². The first kappa shape index (κ1) is 14.5. The third-order valence-corrected chi connectivity index (χ3v) is 4.83. The van der Waals surface area contributed by atoms with Gasteiger partial charge in [0.25, 0.3) is 0 Å². The first-order chi connectivity index (χ1) is 8.64. The zero-order chi connectivity index (χ0) is 14.5. The molecule has 0 aromatic carbocycles. The minimum Gasteiger partial charge on any atom is -0.379 e. The van der Waals surface area contributed by atoms with Gasteiger partial charge in [-0.25, -0.2) is 0 Å². The van der Waals surface area contributed by atoms with Gasteiger partial charge in [0.05, 0.1) is 6.61 Å². The fourth-order valence-electron chi connectivity index (χ4n) is 2.78. The molecule has 1 unspecified atom stereocenters. The fraction of sp³-hybridized carbons (Fsp3) is 0.857. The molecule has 1 heterocycles. The summed E-state index contributed by atoms with van der Waals surface area (Å²) in [5.41, 5.74) is 5.84. The van der Waals surface area contributed by atoms with Gasteiger partial charge in [-0.05, 0) is 24.7 Å². The van der Waals surface area contributed by atoms with E-state index in [9.17, 15) is 0 Å². The molecule has 1 aromatic heterocycles. The molecule has 2 rings (SSSR count). The summed E-state index contributed by atoms with van der Waals surface area (Å²) in [5.74, 6) is 1.51. The van der Waals surface area contributed by atoms with Crippen LogP contribution in [0.3, 0.4) is 0 Å². The van der Waals surface area contributed by atoms with Gasteiger partial charge in [0.2, 0.25) is 5.89 Å². The molecule has 5 heteroatoms. The molecule has 1 aliphatic rings. The van der Waals surface area contributed by atoms with Gasteiger partial charge in [-0.1, -0.05) is 32.9 Å². The summed E-state index contributed by atoms with van der Waals surface area (Å²) >= 11 is 0. The van der Waals surface area contributed by atoms with Crippen LogP contribution in [-0.4, -0.2) is 23.4 Å². The van der Waals surface area contributed by atoms with Gasteiger partial charge in [0.15, 0.2) is 5.82 Å². The molecule has 1 aromatic rings. The highest BCUT2D eigenvalue weighted by Gasteiger charge is 2.68. The number of hydrogen-bond donors (Lipinski definition) is 1. The molecular weight excluding hydrogens is 242 g/mol. The number of aromatic nitrogens is 2. The van der Waals surface area contributed by atoms with E-state index in [1.54, 1.807) is 0 Å². The number of nitrogens with two attached hydrogens (primary N) is 1. The van der Waals surface area contributed by atoms with E-state index in [-0.39, 0.29) is 10.8 Å². The molecule has 108 valence electrons. The van der Waals surface area contributed by atoms with E-state index < -0.39 is 5.54 Å². The first-order valence-electron chi connectivity index (χ1n) is 6.85. The lowest BCUT2D eigenvalue weighted by atomic mass is 10.0. The zero-order valence-corrected chi connectivity index (χ0v) is 12.8. The van der Waals surface area contributed by atoms with Crippen LogP contribution in [0.5, 0.6) is 0 Å². The maximum Gasteiger partial charge on any atom is 0.230 e. The Kier molecular flexibility index (Phi) is 3.26. The number of ether oxygens (including phenoxy) is 1. The summed E-state index contributed by atoms with van der Waals surface area (Å²) in [6, 6.07) is 0. The zero-order valence-electron chi connectivity index (χ0n) is 12.8. The van der Waals surface area contributed by atoms with Crippen molar-refractivity contribution in [3.63, 3.8) is 0 Å². The van der Waals surface area contributed by atoms with Crippen LogP contribution in [0.2, 0.25) is 0 Å². The Morgan fingerprint density at radius 3 is 2.37 bits per heavy atom. The molecule has 1 aliphatic carbocycles.